The number of anilines is 1. The van der Waals surface area contributed by atoms with Gasteiger partial charge in [-0.2, -0.15) is 0 Å². The zero-order valence-corrected chi connectivity index (χ0v) is 13.2. The van der Waals surface area contributed by atoms with Gasteiger partial charge in [0.15, 0.2) is 0 Å². The zero-order valence-electron chi connectivity index (χ0n) is 13.2. The summed E-state index contributed by atoms with van der Waals surface area (Å²) in [5.74, 6) is 6.47. The van der Waals surface area contributed by atoms with E-state index in [4.69, 9.17) is 16.3 Å². The molecule has 0 radical (unpaired) electrons. The second-order valence-electron chi connectivity index (χ2n) is 5.84. The molecule has 1 aromatic heterocycles. The van der Waals surface area contributed by atoms with Crippen molar-refractivity contribution < 1.29 is 4.74 Å². The first-order valence-corrected chi connectivity index (χ1v) is 7.54. The average molecular weight is 293 g/mol. The Kier molecular flexibility index (Phi) is 5.16. The second kappa shape index (κ2) is 6.70. The Hall–Kier alpha value is -1.21. The monoisotopic (exact) mass is 293 g/mol. The van der Waals surface area contributed by atoms with Crippen molar-refractivity contribution in [1.82, 2.24) is 15.3 Å². The van der Waals surface area contributed by atoms with E-state index in [0.29, 0.717) is 5.82 Å². The largest absolute Gasteiger partial charge is 0.383 e. The topological polar surface area (TPSA) is 89.4 Å². The van der Waals surface area contributed by atoms with Crippen molar-refractivity contribution in [3.63, 3.8) is 0 Å². The maximum Gasteiger partial charge on any atom is 0.128 e. The molecule has 0 amide bonds. The van der Waals surface area contributed by atoms with Crippen LogP contribution in [0.5, 0.6) is 0 Å². The van der Waals surface area contributed by atoms with Gasteiger partial charge in [0.1, 0.15) is 5.82 Å². The van der Waals surface area contributed by atoms with Crippen LogP contribution in [0.25, 0.3) is 0 Å². The maximum atomic E-state index is 6.13. The Balaban J connectivity index is 2.41. The molecule has 1 saturated heterocycles. The third-order valence-corrected chi connectivity index (χ3v) is 4.77. The van der Waals surface area contributed by atoms with Crippen LogP contribution in [0.2, 0.25) is 0 Å². The standard InChI is InChI=1S/C15H27N5O/c1-4-15(3,20-7-9-21-10-8-20)13(19-17)12-11(2)5-6-18-14(12)16/h5-6,13,19H,4,7-10,17H2,1-3H3,(H2,16,18). The van der Waals surface area contributed by atoms with E-state index in [2.05, 4.69) is 29.2 Å². The fraction of sp³-hybridized carbons (Fsp3) is 0.667. The molecule has 1 fully saturated rings. The van der Waals surface area contributed by atoms with Crippen LogP contribution >= 0.6 is 0 Å². The van der Waals surface area contributed by atoms with Crippen molar-refractivity contribution in [2.75, 3.05) is 32.0 Å². The van der Waals surface area contributed by atoms with E-state index in [1.54, 1.807) is 6.20 Å². The van der Waals surface area contributed by atoms with Crippen molar-refractivity contribution in [2.45, 2.75) is 38.8 Å². The molecule has 2 atom stereocenters. The van der Waals surface area contributed by atoms with Crippen LogP contribution in [0.4, 0.5) is 5.82 Å². The van der Waals surface area contributed by atoms with Gasteiger partial charge in [-0.25, -0.2) is 4.98 Å². The molecule has 0 aliphatic carbocycles. The zero-order chi connectivity index (χ0) is 15.5. The number of nitrogens with zero attached hydrogens (tertiary/aromatic N) is 2. The Labute approximate surface area is 126 Å². The van der Waals surface area contributed by atoms with E-state index in [-0.39, 0.29) is 11.6 Å². The predicted molar refractivity (Wildman–Crippen MR) is 84.5 cm³/mol. The number of nitrogens with two attached hydrogens (primary N) is 2. The highest BCUT2D eigenvalue weighted by Gasteiger charge is 2.40. The van der Waals surface area contributed by atoms with E-state index in [9.17, 15) is 0 Å². The third-order valence-electron chi connectivity index (χ3n) is 4.77. The molecule has 5 N–H and O–H groups in total. The second-order valence-corrected chi connectivity index (χ2v) is 5.84. The summed E-state index contributed by atoms with van der Waals surface area (Å²) >= 11 is 0. The molecule has 1 aliphatic heterocycles. The van der Waals surface area contributed by atoms with E-state index < -0.39 is 0 Å². The smallest absolute Gasteiger partial charge is 0.128 e. The van der Waals surface area contributed by atoms with Crippen LogP contribution in [0, 0.1) is 6.92 Å². The lowest BCUT2D eigenvalue weighted by atomic mass is 9.81. The molecule has 1 aliphatic rings. The van der Waals surface area contributed by atoms with Crippen molar-refractivity contribution in [2.24, 2.45) is 5.84 Å². The van der Waals surface area contributed by atoms with Gasteiger partial charge in [0.25, 0.3) is 0 Å². The lowest BCUT2D eigenvalue weighted by molar-refractivity contribution is -0.0329. The van der Waals surface area contributed by atoms with Gasteiger partial charge in [-0.05, 0) is 31.9 Å². The summed E-state index contributed by atoms with van der Waals surface area (Å²) in [4.78, 5) is 6.68. The van der Waals surface area contributed by atoms with Gasteiger partial charge in [-0.1, -0.05) is 6.92 Å². The van der Waals surface area contributed by atoms with Gasteiger partial charge >= 0.3 is 0 Å². The molecule has 1 aromatic rings. The molecule has 2 rings (SSSR count). The van der Waals surface area contributed by atoms with E-state index in [1.807, 2.05) is 13.0 Å². The summed E-state index contributed by atoms with van der Waals surface area (Å²) in [6.07, 6.45) is 2.69. The number of hydrazine groups is 1. The van der Waals surface area contributed by atoms with Crippen LogP contribution in [-0.2, 0) is 4.74 Å². The Morgan fingerprint density at radius 1 is 1.48 bits per heavy atom. The first-order chi connectivity index (χ1) is 10.0. The number of aromatic nitrogens is 1. The predicted octanol–water partition coefficient (Wildman–Crippen LogP) is 0.978. The SMILES string of the molecule is CCC(C)(C(NN)c1c(C)ccnc1N)N1CCOCC1. The quantitative estimate of drug-likeness (QED) is 0.554. The van der Waals surface area contributed by atoms with Crippen molar-refractivity contribution in [1.29, 1.82) is 0 Å². The number of rotatable bonds is 5. The molecule has 6 heteroatoms. The highest BCUT2D eigenvalue weighted by Crippen LogP contribution is 2.37. The lowest BCUT2D eigenvalue weighted by Gasteiger charge is -2.48. The number of aryl methyl sites for hydroxylation is 1. The summed E-state index contributed by atoms with van der Waals surface area (Å²) in [6.45, 7) is 9.79. The van der Waals surface area contributed by atoms with Crippen molar-refractivity contribution >= 4 is 5.82 Å². The number of morpholine rings is 1. The van der Waals surface area contributed by atoms with Gasteiger partial charge in [0.2, 0.25) is 0 Å². The fourth-order valence-corrected chi connectivity index (χ4v) is 3.22. The number of nitrogens with one attached hydrogen (secondary N) is 1. The molecule has 0 aromatic carbocycles. The first kappa shape index (κ1) is 16.2. The number of pyridine rings is 1. The number of hydrogen-bond acceptors (Lipinski definition) is 6. The molecule has 0 saturated carbocycles. The molecule has 2 heterocycles. The Morgan fingerprint density at radius 2 is 2.14 bits per heavy atom. The van der Waals surface area contributed by atoms with Crippen LogP contribution in [0.15, 0.2) is 12.3 Å². The van der Waals surface area contributed by atoms with Crippen LogP contribution in [0.1, 0.15) is 37.4 Å². The minimum atomic E-state index is -0.138. The number of hydrogen-bond donors (Lipinski definition) is 3. The maximum absolute atomic E-state index is 6.13. The molecule has 0 spiro atoms. The van der Waals surface area contributed by atoms with E-state index >= 15 is 0 Å². The summed E-state index contributed by atoms with van der Waals surface area (Å²) < 4.78 is 5.48. The van der Waals surface area contributed by atoms with Crippen LogP contribution in [-0.4, -0.2) is 41.7 Å². The van der Waals surface area contributed by atoms with Gasteiger partial charge in [0.05, 0.1) is 19.3 Å². The summed E-state index contributed by atoms with van der Waals surface area (Å²) in [6, 6.07) is 1.90. The van der Waals surface area contributed by atoms with Gasteiger partial charge in [-0.3, -0.25) is 16.2 Å². The highest BCUT2D eigenvalue weighted by atomic mass is 16.5. The average Bonchev–Trinajstić information content (AvgIpc) is 2.51. The molecule has 2 unspecified atom stereocenters. The fourth-order valence-electron chi connectivity index (χ4n) is 3.22. The summed E-state index contributed by atoms with van der Waals surface area (Å²) in [5.41, 5.74) is 11.1. The summed E-state index contributed by atoms with van der Waals surface area (Å²) in [5, 5.41) is 0. The van der Waals surface area contributed by atoms with Gasteiger partial charge in [-0.15, -0.1) is 0 Å². The van der Waals surface area contributed by atoms with E-state index in [0.717, 1.165) is 43.9 Å². The lowest BCUT2D eigenvalue weighted by Crippen LogP contribution is -2.59. The number of nitrogen functional groups attached to an aromatic ring is 1. The van der Waals surface area contributed by atoms with Crippen LogP contribution in [0.3, 0.4) is 0 Å². The van der Waals surface area contributed by atoms with E-state index in [1.165, 1.54) is 0 Å². The number of ether oxygens (including phenoxy) is 1. The molecule has 118 valence electrons. The Morgan fingerprint density at radius 3 is 2.67 bits per heavy atom. The van der Waals surface area contributed by atoms with Crippen molar-refractivity contribution in [3.05, 3.63) is 23.4 Å². The normalized spacial score (nSPS) is 21.0. The van der Waals surface area contributed by atoms with Gasteiger partial charge < -0.3 is 10.5 Å². The Bertz CT molecular complexity index is 455. The van der Waals surface area contributed by atoms with Crippen LogP contribution < -0.4 is 17.0 Å². The molecule has 0 bridgehead atoms. The minimum Gasteiger partial charge on any atom is -0.383 e. The summed E-state index contributed by atoms with van der Waals surface area (Å²) in [7, 11) is 0. The first-order valence-electron chi connectivity index (χ1n) is 7.54. The molecule has 6 nitrogen and oxygen atoms in total. The minimum absolute atomic E-state index is 0.0747. The van der Waals surface area contributed by atoms with Gasteiger partial charge in [0, 0.05) is 30.4 Å². The molecular formula is C15H27N5O. The molecular weight excluding hydrogens is 266 g/mol. The van der Waals surface area contributed by atoms with Crippen molar-refractivity contribution in [3.8, 4) is 0 Å². The highest BCUT2D eigenvalue weighted by molar-refractivity contribution is 5.47. The third kappa shape index (κ3) is 3.03. The molecule has 21 heavy (non-hydrogen) atoms.